The Morgan fingerprint density at radius 1 is 0.429 bits per heavy atom. The largest absolute Gasteiger partial charge is 0.472 e. The SMILES string of the molecule is CCCCCCC/C=C\C/C=C\C/C=C\CCCCCCCCCCCCCCCCCCC(=O)OC(COC(=O)CCCCCCCCC/C=C\CCCCCCCCC)COP(=O)(O)OCCN. The highest BCUT2D eigenvalue weighted by atomic mass is 31.2. The van der Waals surface area contributed by atoms with E-state index in [-0.39, 0.29) is 38.6 Å². The van der Waals surface area contributed by atoms with Crippen LogP contribution in [-0.2, 0) is 32.7 Å². The summed E-state index contributed by atoms with van der Waals surface area (Å²) in [7, 11) is -4.39. The molecule has 0 aromatic rings. The Morgan fingerprint density at radius 2 is 0.743 bits per heavy atom. The quantitative estimate of drug-likeness (QED) is 0.0264. The number of nitrogens with two attached hydrogens (primary N) is 1. The van der Waals surface area contributed by atoms with Gasteiger partial charge in [-0.05, 0) is 77.0 Å². The number of hydrogen-bond acceptors (Lipinski definition) is 8. The summed E-state index contributed by atoms with van der Waals surface area (Å²) in [6.07, 6.45) is 68.8. The number of phosphoric ester groups is 1. The molecule has 2 atom stereocenters. The number of hydrogen-bond donors (Lipinski definition) is 2. The maximum atomic E-state index is 12.7. The van der Waals surface area contributed by atoms with Gasteiger partial charge in [0.05, 0.1) is 13.2 Å². The Bertz CT molecular complexity index is 1280. The molecule has 2 unspecified atom stereocenters. The van der Waals surface area contributed by atoms with Gasteiger partial charge in [0.15, 0.2) is 6.10 Å². The van der Waals surface area contributed by atoms with E-state index < -0.39 is 26.5 Å². The lowest BCUT2D eigenvalue weighted by molar-refractivity contribution is -0.161. The molecule has 0 bridgehead atoms. The van der Waals surface area contributed by atoms with Gasteiger partial charge in [-0.25, -0.2) is 4.57 Å². The zero-order valence-corrected chi connectivity index (χ0v) is 46.7. The van der Waals surface area contributed by atoms with Crippen LogP contribution in [0.1, 0.15) is 290 Å². The van der Waals surface area contributed by atoms with Gasteiger partial charge < -0.3 is 20.1 Å². The van der Waals surface area contributed by atoms with Gasteiger partial charge in [0.25, 0.3) is 0 Å². The van der Waals surface area contributed by atoms with Gasteiger partial charge in [-0.1, -0.05) is 249 Å². The van der Waals surface area contributed by atoms with Crippen molar-refractivity contribution in [1.29, 1.82) is 0 Å². The fraction of sp³-hybridized carbons (Fsp3) is 0.833. The van der Waals surface area contributed by atoms with Crippen LogP contribution in [0, 0.1) is 0 Å². The lowest BCUT2D eigenvalue weighted by Crippen LogP contribution is -2.29. The maximum absolute atomic E-state index is 12.7. The molecule has 0 aromatic carbocycles. The Kier molecular flexibility index (Phi) is 54.6. The molecule has 0 heterocycles. The first kappa shape index (κ1) is 68.0. The minimum Gasteiger partial charge on any atom is -0.462 e. The summed E-state index contributed by atoms with van der Waals surface area (Å²) in [5.74, 6) is -0.822. The van der Waals surface area contributed by atoms with Crippen LogP contribution in [0.15, 0.2) is 48.6 Å². The Labute approximate surface area is 432 Å². The van der Waals surface area contributed by atoms with Crippen molar-refractivity contribution in [1.82, 2.24) is 0 Å². The molecule has 0 aliphatic carbocycles. The van der Waals surface area contributed by atoms with Gasteiger partial charge in [0, 0.05) is 19.4 Å². The molecule has 0 spiro atoms. The van der Waals surface area contributed by atoms with Crippen molar-refractivity contribution in [2.75, 3.05) is 26.4 Å². The van der Waals surface area contributed by atoms with Gasteiger partial charge in [0.2, 0.25) is 0 Å². The summed E-state index contributed by atoms with van der Waals surface area (Å²) >= 11 is 0. The van der Waals surface area contributed by atoms with Crippen molar-refractivity contribution in [2.45, 2.75) is 296 Å². The van der Waals surface area contributed by atoms with Gasteiger partial charge in [-0.3, -0.25) is 18.6 Å². The van der Waals surface area contributed by atoms with E-state index in [0.29, 0.717) is 6.42 Å². The minimum absolute atomic E-state index is 0.0532. The predicted molar refractivity (Wildman–Crippen MR) is 298 cm³/mol. The number of esters is 2. The molecule has 9 nitrogen and oxygen atoms in total. The Morgan fingerprint density at radius 3 is 1.11 bits per heavy atom. The van der Waals surface area contributed by atoms with Crippen molar-refractivity contribution in [3.8, 4) is 0 Å². The zero-order valence-electron chi connectivity index (χ0n) is 45.8. The van der Waals surface area contributed by atoms with Gasteiger partial charge in [0.1, 0.15) is 6.61 Å². The second kappa shape index (κ2) is 56.3. The summed E-state index contributed by atoms with van der Waals surface area (Å²) in [6, 6.07) is 0. The molecule has 0 aliphatic heterocycles. The van der Waals surface area contributed by atoms with Gasteiger partial charge >= 0.3 is 19.8 Å². The summed E-state index contributed by atoms with van der Waals surface area (Å²) in [4.78, 5) is 35.2. The normalized spacial score (nSPS) is 13.4. The van der Waals surface area contributed by atoms with E-state index in [1.54, 1.807) is 0 Å². The lowest BCUT2D eigenvalue weighted by Gasteiger charge is -2.19. The van der Waals surface area contributed by atoms with E-state index in [9.17, 15) is 19.0 Å². The van der Waals surface area contributed by atoms with E-state index in [1.165, 1.54) is 193 Å². The molecule has 70 heavy (non-hydrogen) atoms. The van der Waals surface area contributed by atoms with Crippen LogP contribution in [0.3, 0.4) is 0 Å². The highest BCUT2D eigenvalue weighted by molar-refractivity contribution is 7.47. The number of allylic oxidation sites excluding steroid dienone is 8. The smallest absolute Gasteiger partial charge is 0.462 e. The van der Waals surface area contributed by atoms with Gasteiger partial charge in [-0.15, -0.1) is 0 Å². The van der Waals surface area contributed by atoms with Crippen LogP contribution < -0.4 is 5.73 Å². The molecule has 0 fully saturated rings. The van der Waals surface area contributed by atoms with Crippen LogP contribution in [0.4, 0.5) is 0 Å². The topological polar surface area (TPSA) is 134 Å². The first-order valence-corrected chi connectivity index (χ1v) is 31.1. The number of phosphoric acid groups is 1. The first-order valence-electron chi connectivity index (χ1n) is 29.6. The predicted octanol–water partition coefficient (Wildman–Crippen LogP) is 18.6. The zero-order chi connectivity index (χ0) is 51.0. The Balaban J connectivity index is 3.92. The molecule has 10 heteroatoms. The summed E-state index contributed by atoms with van der Waals surface area (Å²) in [6.45, 7) is 3.76. The van der Waals surface area contributed by atoms with E-state index in [2.05, 4.69) is 62.5 Å². The van der Waals surface area contributed by atoms with Gasteiger partial charge in [-0.2, -0.15) is 0 Å². The third-order valence-corrected chi connectivity index (χ3v) is 13.9. The maximum Gasteiger partial charge on any atom is 0.472 e. The number of carbonyl (C=O) groups excluding carboxylic acids is 2. The molecular weight excluding hydrogens is 894 g/mol. The van der Waals surface area contributed by atoms with Crippen molar-refractivity contribution in [3.63, 3.8) is 0 Å². The molecule has 0 aliphatic rings. The molecule has 0 radical (unpaired) electrons. The fourth-order valence-electron chi connectivity index (χ4n) is 8.52. The molecule has 410 valence electrons. The van der Waals surface area contributed by atoms with Crippen molar-refractivity contribution >= 4 is 19.8 Å². The third kappa shape index (κ3) is 55.3. The van der Waals surface area contributed by atoms with E-state index in [4.69, 9.17) is 24.3 Å². The Hall–Kier alpha value is -2.03. The van der Waals surface area contributed by atoms with Crippen molar-refractivity contribution < 1.29 is 37.6 Å². The van der Waals surface area contributed by atoms with Crippen LogP contribution in [0.25, 0.3) is 0 Å². The number of ether oxygens (including phenoxy) is 2. The number of carbonyl (C=O) groups is 2. The molecule has 3 N–H and O–H groups in total. The lowest BCUT2D eigenvalue weighted by atomic mass is 10.0. The first-order chi connectivity index (χ1) is 34.3. The number of rotatable bonds is 56. The second-order valence-electron chi connectivity index (χ2n) is 19.9. The average Bonchev–Trinajstić information content (AvgIpc) is 3.35. The van der Waals surface area contributed by atoms with E-state index in [1.807, 2.05) is 0 Å². The molecule has 0 saturated carbocycles. The van der Waals surface area contributed by atoms with E-state index in [0.717, 1.165) is 64.2 Å². The highest BCUT2D eigenvalue weighted by Gasteiger charge is 2.26. The number of unbranched alkanes of at least 4 members (excludes halogenated alkanes) is 35. The standard InChI is InChI=1S/C60H112NO8P/c1-3-5-7-9-11-13-15-17-19-21-23-24-25-26-27-28-29-30-31-32-33-34-35-37-39-41-43-45-47-49-51-53-60(63)69-58(57-68-70(64,65)67-55-54-61)56-66-59(62)52-50-48-46-44-42-40-38-36-22-20-18-16-14-12-10-8-6-4-2/h15,17,20-23,25-26,58H,3-14,16,18-19,24,27-57,61H2,1-2H3,(H,64,65)/b17-15-,22-20-,23-21-,26-25-. The average molecular weight is 1010 g/mol. The van der Waals surface area contributed by atoms with Crippen LogP contribution >= 0.6 is 7.82 Å². The summed E-state index contributed by atoms with van der Waals surface area (Å²) < 4.78 is 33.0. The van der Waals surface area contributed by atoms with E-state index >= 15 is 0 Å². The monoisotopic (exact) mass is 1010 g/mol. The molecular formula is C60H112NO8P. The van der Waals surface area contributed by atoms with Crippen molar-refractivity contribution in [3.05, 3.63) is 48.6 Å². The molecule has 0 rings (SSSR count). The minimum atomic E-state index is -4.39. The fourth-order valence-corrected chi connectivity index (χ4v) is 9.29. The third-order valence-electron chi connectivity index (χ3n) is 12.9. The van der Waals surface area contributed by atoms with Crippen molar-refractivity contribution in [2.24, 2.45) is 5.73 Å². The molecule has 0 aromatic heterocycles. The second-order valence-corrected chi connectivity index (χ2v) is 21.3. The summed E-state index contributed by atoms with van der Waals surface area (Å²) in [5.41, 5.74) is 5.38. The van der Waals surface area contributed by atoms with Crippen LogP contribution in [0.2, 0.25) is 0 Å². The highest BCUT2D eigenvalue weighted by Crippen LogP contribution is 2.43. The van der Waals surface area contributed by atoms with Crippen LogP contribution in [-0.4, -0.2) is 49.3 Å². The summed E-state index contributed by atoms with van der Waals surface area (Å²) in [5, 5.41) is 0. The van der Waals surface area contributed by atoms with Crippen LogP contribution in [0.5, 0.6) is 0 Å². The molecule has 0 amide bonds. The molecule has 0 saturated heterocycles.